The molecule has 0 atom stereocenters. The summed E-state index contributed by atoms with van der Waals surface area (Å²) in [4.78, 5) is 21.9. The van der Waals surface area contributed by atoms with E-state index in [1.165, 1.54) is 0 Å². The largest absolute Gasteiger partial charge is 0.412 e. The van der Waals surface area contributed by atoms with E-state index < -0.39 is 23.4 Å². The van der Waals surface area contributed by atoms with E-state index in [4.69, 9.17) is 14.7 Å². The molecule has 0 aliphatic carbocycles. The summed E-state index contributed by atoms with van der Waals surface area (Å²) in [5, 5.41) is 2.60. The first-order valence-corrected chi connectivity index (χ1v) is 12.7. The van der Waals surface area contributed by atoms with Crippen molar-refractivity contribution >= 4 is 17.5 Å². The molecule has 5 nitrogen and oxygen atoms in total. The summed E-state index contributed by atoms with van der Waals surface area (Å²) < 4.78 is 31.4. The Bertz CT molecular complexity index is 1200. The van der Waals surface area contributed by atoms with Crippen molar-refractivity contribution in [2.24, 2.45) is 9.98 Å². The van der Waals surface area contributed by atoms with Gasteiger partial charge in [-0.2, -0.15) is 0 Å². The lowest BCUT2D eigenvalue weighted by atomic mass is 10.0. The molecule has 0 saturated carbocycles. The molecule has 0 unspecified atom stereocenters. The number of aliphatic imine (C=N–C) groups is 2. The summed E-state index contributed by atoms with van der Waals surface area (Å²) >= 11 is 0. The Hall–Kier alpha value is -3.87. The highest BCUT2D eigenvalue weighted by Crippen LogP contribution is 2.30. The Morgan fingerprint density at radius 1 is 0.811 bits per heavy atom. The highest BCUT2D eigenvalue weighted by Gasteiger charge is 2.32. The van der Waals surface area contributed by atoms with Crippen LogP contribution >= 0.6 is 0 Å². The lowest BCUT2D eigenvalue weighted by Gasteiger charge is -2.17. The number of amides is 1. The minimum Gasteiger partial charge on any atom is -0.407 e. The van der Waals surface area contributed by atoms with Crippen molar-refractivity contribution in [3.8, 4) is 5.75 Å². The third kappa shape index (κ3) is 7.32. The lowest BCUT2D eigenvalue weighted by Crippen LogP contribution is -2.28. The van der Waals surface area contributed by atoms with E-state index in [-0.39, 0.29) is 5.75 Å². The topological polar surface area (TPSA) is 63.0 Å². The van der Waals surface area contributed by atoms with Crippen molar-refractivity contribution < 1.29 is 18.3 Å². The number of nitrogens with one attached hydrogen (secondary N) is 1. The molecule has 0 radical (unpaired) electrons. The average molecular weight is 504 g/mol. The van der Waals surface area contributed by atoms with E-state index in [2.05, 4.69) is 36.5 Å². The van der Waals surface area contributed by atoms with E-state index in [0.29, 0.717) is 12.6 Å². The molecule has 1 N–H and O–H groups in total. The first-order valence-electron chi connectivity index (χ1n) is 12.7. The molecule has 37 heavy (non-hydrogen) atoms. The highest BCUT2D eigenvalue weighted by molar-refractivity contribution is 6.54. The van der Waals surface area contributed by atoms with E-state index in [9.17, 15) is 13.6 Å². The van der Waals surface area contributed by atoms with Crippen molar-refractivity contribution in [3.63, 3.8) is 0 Å². The molecule has 3 aromatic rings. The summed E-state index contributed by atoms with van der Waals surface area (Å²) in [6.45, 7) is 2.51. The van der Waals surface area contributed by atoms with Gasteiger partial charge in [0.2, 0.25) is 0 Å². The van der Waals surface area contributed by atoms with Crippen molar-refractivity contribution in [1.29, 1.82) is 0 Å². The summed E-state index contributed by atoms with van der Waals surface area (Å²) in [6.07, 6.45) is 4.88. The summed E-state index contributed by atoms with van der Waals surface area (Å²) in [5.74, 6) is -1.93. The molecule has 0 saturated heterocycles. The minimum absolute atomic E-state index is 0.296. The molecule has 192 valence electrons. The molecule has 1 aliphatic heterocycles. The second-order valence-electron chi connectivity index (χ2n) is 9.28. The predicted molar refractivity (Wildman–Crippen MR) is 142 cm³/mol. The Labute approximate surface area is 216 Å². The molecular formula is C30H31F2N3O2. The number of unbranched alkanes of at least 4 members (excludes halogenated alkanes) is 4. The number of benzene rings is 3. The van der Waals surface area contributed by atoms with Gasteiger partial charge in [0, 0.05) is 23.7 Å². The fourth-order valence-electron chi connectivity index (χ4n) is 4.32. The third-order valence-electron chi connectivity index (χ3n) is 6.22. The van der Waals surface area contributed by atoms with Gasteiger partial charge < -0.3 is 10.1 Å². The Balaban J connectivity index is 1.20. The molecule has 0 spiro atoms. The van der Waals surface area contributed by atoms with Crippen LogP contribution in [0.1, 0.15) is 56.6 Å². The van der Waals surface area contributed by atoms with Gasteiger partial charge in [-0.05, 0) is 38.3 Å². The predicted octanol–water partition coefficient (Wildman–Crippen LogP) is 7.10. The van der Waals surface area contributed by atoms with Gasteiger partial charge in [-0.3, -0.25) is 9.98 Å². The summed E-state index contributed by atoms with van der Waals surface area (Å²) in [6, 6.07) is 23.2. The van der Waals surface area contributed by atoms with Gasteiger partial charge >= 0.3 is 6.09 Å². The normalized spacial score (nSPS) is 14.1. The van der Waals surface area contributed by atoms with Gasteiger partial charge in [0.15, 0.2) is 11.6 Å². The number of halogens is 2. The third-order valence-corrected chi connectivity index (χ3v) is 6.22. The SMILES string of the molecule is CC1(CCCCCCCNC(=O)Oc2ccc(F)cc2F)N=C(c2ccccc2)C(c2ccccc2)=N1. The molecule has 3 aromatic carbocycles. The van der Waals surface area contributed by atoms with Crippen molar-refractivity contribution in [1.82, 2.24) is 5.32 Å². The van der Waals surface area contributed by atoms with Crippen LogP contribution in [-0.2, 0) is 0 Å². The standard InChI is InChI=1S/C30H31F2N3O2/c1-30(34-27(22-13-7-5-8-14-22)28(35-30)23-15-9-6-10-16-23)19-11-3-2-4-12-20-33-29(36)37-26-18-17-24(31)21-25(26)32/h5-10,13-18,21H,2-4,11-12,19-20H2,1H3,(H,33,36). The number of hydrogen-bond donors (Lipinski definition) is 1. The Morgan fingerprint density at radius 3 is 1.97 bits per heavy atom. The maximum atomic E-state index is 13.6. The fraction of sp³-hybridized carbons (Fsp3) is 0.300. The zero-order valence-corrected chi connectivity index (χ0v) is 20.9. The van der Waals surface area contributed by atoms with Crippen LogP contribution in [-0.4, -0.2) is 29.7 Å². The van der Waals surface area contributed by atoms with Crippen molar-refractivity contribution in [3.05, 3.63) is 102 Å². The zero-order valence-electron chi connectivity index (χ0n) is 20.9. The maximum absolute atomic E-state index is 13.6. The molecule has 0 bridgehead atoms. The lowest BCUT2D eigenvalue weighted by molar-refractivity contribution is 0.198. The number of rotatable bonds is 11. The van der Waals surface area contributed by atoms with Gasteiger partial charge in [-0.25, -0.2) is 13.6 Å². The zero-order chi connectivity index (χ0) is 26.1. The highest BCUT2D eigenvalue weighted by atomic mass is 19.1. The molecule has 1 aliphatic rings. The molecule has 7 heteroatoms. The molecule has 1 amide bonds. The van der Waals surface area contributed by atoms with E-state index in [1.54, 1.807) is 0 Å². The van der Waals surface area contributed by atoms with Crippen LogP contribution in [0.4, 0.5) is 13.6 Å². The number of nitrogens with zero attached hydrogens (tertiary/aromatic N) is 2. The summed E-state index contributed by atoms with van der Waals surface area (Å²) in [5.41, 5.74) is 3.53. The number of ether oxygens (including phenoxy) is 1. The van der Waals surface area contributed by atoms with Gasteiger partial charge in [0.25, 0.3) is 0 Å². The van der Waals surface area contributed by atoms with Gasteiger partial charge in [-0.1, -0.05) is 79.9 Å². The van der Waals surface area contributed by atoms with Crippen LogP contribution in [0.3, 0.4) is 0 Å². The van der Waals surface area contributed by atoms with E-state index >= 15 is 0 Å². The van der Waals surface area contributed by atoms with Crippen LogP contribution in [0.2, 0.25) is 0 Å². The smallest absolute Gasteiger partial charge is 0.407 e. The first-order chi connectivity index (χ1) is 17.9. The van der Waals surface area contributed by atoms with Crippen LogP contribution in [0.5, 0.6) is 5.75 Å². The van der Waals surface area contributed by atoms with E-state index in [1.807, 2.05) is 36.4 Å². The average Bonchev–Trinajstić information content (AvgIpc) is 3.26. The van der Waals surface area contributed by atoms with Crippen LogP contribution < -0.4 is 10.1 Å². The molecular weight excluding hydrogens is 472 g/mol. The molecule has 1 heterocycles. The number of carbonyl (C=O) groups is 1. The quantitative estimate of drug-likeness (QED) is 0.284. The molecule has 0 aromatic heterocycles. The van der Waals surface area contributed by atoms with Crippen molar-refractivity contribution in [2.75, 3.05) is 6.54 Å². The monoisotopic (exact) mass is 503 g/mol. The fourth-order valence-corrected chi connectivity index (χ4v) is 4.32. The molecule has 0 fully saturated rings. The summed E-state index contributed by atoms with van der Waals surface area (Å²) in [7, 11) is 0. The van der Waals surface area contributed by atoms with Crippen LogP contribution in [0.25, 0.3) is 0 Å². The van der Waals surface area contributed by atoms with E-state index in [0.717, 1.165) is 73.2 Å². The van der Waals surface area contributed by atoms with Gasteiger partial charge in [0.1, 0.15) is 11.5 Å². The Kier molecular flexibility index (Phi) is 8.77. The number of hydrogen-bond acceptors (Lipinski definition) is 4. The van der Waals surface area contributed by atoms with Crippen LogP contribution in [0.15, 0.2) is 88.8 Å². The van der Waals surface area contributed by atoms with Gasteiger partial charge in [0.05, 0.1) is 11.4 Å². The first kappa shape index (κ1) is 26.2. The minimum atomic E-state index is -0.911. The molecule has 4 rings (SSSR count). The second kappa shape index (κ2) is 12.4. The van der Waals surface area contributed by atoms with Crippen LogP contribution in [0, 0.1) is 11.6 Å². The Morgan fingerprint density at radius 2 is 1.38 bits per heavy atom. The second-order valence-corrected chi connectivity index (χ2v) is 9.28. The van der Waals surface area contributed by atoms with Gasteiger partial charge in [-0.15, -0.1) is 0 Å². The number of carbonyl (C=O) groups excluding carboxylic acids is 1. The van der Waals surface area contributed by atoms with Crippen molar-refractivity contribution in [2.45, 2.75) is 51.1 Å². The maximum Gasteiger partial charge on any atom is 0.412 e.